The maximum Gasteiger partial charge on any atom is 0.260 e. The van der Waals surface area contributed by atoms with Crippen molar-refractivity contribution in [2.24, 2.45) is 0 Å². The fourth-order valence-electron chi connectivity index (χ4n) is 5.32. The van der Waals surface area contributed by atoms with E-state index in [1.807, 2.05) is 0 Å². The second-order valence-corrected chi connectivity index (χ2v) is 15.7. The summed E-state index contributed by atoms with van der Waals surface area (Å²) in [6, 6.07) is 10.9. The van der Waals surface area contributed by atoms with Crippen LogP contribution in [0.5, 0.6) is 0 Å². The lowest BCUT2D eigenvalue weighted by Gasteiger charge is -2.30. The summed E-state index contributed by atoms with van der Waals surface area (Å²) in [5.74, 6) is -0.301. The van der Waals surface area contributed by atoms with E-state index < -0.39 is 19.9 Å². The number of benzene rings is 2. The maximum atomic E-state index is 13.9. The molecule has 0 N–H and O–H groups in total. The molecule has 5 rings (SSSR count). The van der Waals surface area contributed by atoms with Crippen molar-refractivity contribution in [3.8, 4) is 0 Å². The Morgan fingerprint density at radius 1 is 1.00 bits per heavy atom. The molecule has 1 aliphatic carbocycles. The molecule has 2 aliphatic rings. The Hall–Kier alpha value is -2.42. The van der Waals surface area contributed by atoms with E-state index in [4.69, 9.17) is 4.74 Å². The quantitative estimate of drug-likeness (QED) is 0.356. The molecular weight excluding hydrogens is 585 g/mol. The first-order chi connectivity index (χ1) is 19.5. The van der Waals surface area contributed by atoms with Crippen LogP contribution in [0.3, 0.4) is 0 Å². The SMILES string of the molecule is CN(C1CCCCC1)S(=O)(=O)c1ccc(C(=O)N(CCN2CCOCC2)c2nc3ccc(S(C)(=O)=O)cc3s2)cc1. The first kappa shape index (κ1) is 30.1. The summed E-state index contributed by atoms with van der Waals surface area (Å²) in [5.41, 5.74) is 0.955. The Balaban J connectivity index is 1.41. The molecule has 0 radical (unpaired) electrons. The molecule has 3 aromatic rings. The minimum absolute atomic E-state index is 0.00650. The number of ether oxygens (including phenoxy) is 1. The molecule has 2 heterocycles. The monoisotopic (exact) mass is 620 g/mol. The molecule has 41 heavy (non-hydrogen) atoms. The van der Waals surface area contributed by atoms with E-state index in [1.54, 1.807) is 36.2 Å². The summed E-state index contributed by atoms with van der Waals surface area (Å²) in [6.07, 6.45) is 6.07. The molecule has 0 atom stereocenters. The number of aromatic nitrogens is 1. The average Bonchev–Trinajstić information content (AvgIpc) is 3.40. The van der Waals surface area contributed by atoms with Gasteiger partial charge in [0.15, 0.2) is 15.0 Å². The number of amides is 1. The van der Waals surface area contributed by atoms with Gasteiger partial charge >= 0.3 is 0 Å². The van der Waals surface area contributed by atoms with Crippen molar-refractivity contribution in [2.45, 2.75) is 47.9 Å². The van der Waals surface area contributed by atoms with E-state index in [9.17, 15) is 21.6 Å². The number of morpholine rings is 1. The van der Waals surface area contributed by atoms with E-state index in [2.05, 4.69) is 9.88 Å². The number of carbonyl (C=O) groups excluding carboxylic acids is 1. The summed E-state index contributed by atoms with van der Waals surface area (Å²) in [5, 5.41) is 0.456. The molecule has 2 aromatic carbocycles. The van der Waals surface area contributed by atoms with E-state index in [0.717, 1.165) is 51.4 Å². The molecule has 13 heteroatoms. The van der Waals surface area contributed by atoms with Gasteiger partial charge in [-0.3, -0.25) is 14.6 Å². The number of hydrogen-bond donors (Lipinski definition) is 0. The molecule has 2 fully saturated rings. The van der Waals surface area contributed by atoms with Crippen LogP contribution in [0.1, 0.15) is 42.5 Å². The van der Waals surface area contributed by atoms with Gasteiger partial charge in [0.1, 0.15) is 0 Å². The van der Waals surface area contributed by atoms with Crippen molar-refractivity contribution in [2.75, 3.05) is 57.6 Å². The van der Waals surface area contributed by atoms with Crippen LogP contribution in [0.4, 0.5) is 5.13 Å². The van der Waals surface area contributed by atoms with Crippen LogP contribution < -0.4 is 4.90 Å². The normalized spacial score (nSPS) is 17.7. The van der Waals surface area contributed by atoms with E-state index in [-0.39, 0.29) is 21.7 Å². The third kappa shape index (κ3) is 6.81. The fourth-order valence-corrected chi connectivity index (χ4v) is 8.49. The number of sulfonamides is 1. The van der Waals surface area contributed by atoms with Gasteiger partial charge in [-0.15, -0.1) is 0 Å². The Morgan fingerprint density at radius 2 is 1.66 bits per heavy atom. The lowest BCUT2D eigenvalue weighted by Crippen LogP contribution is -2.43. The number of fused-ring (bicyclic) bond motifs is 1. The third-order valence-corrected chi connectivity index (χ3v) is 11.9. The zero-order valence-electron chi connectivity index (χ0n) is 23.4. The zero-order chi connectivity index (χ0) is 29.2. The molecule has 0 unspecified atom stereocenters. The molecular formula is C28H36N4O6S3. The van der Waals surface area contributed by atoms with E-state index >= 15 is 0 Å². The maximum absolute atomic E-state index is 13.9. The van der Waals surface area contributed by atoms with Gasteiger partial charge in [-0.25, -0.2) is 21.8 Å². The topological polar surface area (TPSA) is 117 Å². The highest BCUT2D eigenvalue weighted by atomic mass is 32.2. The zero-order valence-corrected chi connectivity index (χ0v) is 25.8. The van der Waals surface area contributed by atoms with Crippen molar-refractivity contribution in [1.29, 1.82) is 0 Å². The number of rotatable bonds is 9. The smallest absolute Gasteiger partial charge is 0.260 e. The minimum Gasteiger partial charge on any atom is -0.379 e. The van der Waals surface area contributed by atoms with Crippen molar-refractivity contribution in [1.82, 2.24) is 14.2 Å². The Bertz CT molecular complexity index is 1590. The van der Waals surface area contributed by atoms with E-state index in [0.29, 0.717) is 47.2 Å². The molecule has 0 spiro atoms. The molecule has 1 saturated carbocycles. The van der Waals surface area contributed by atoms with Gasteiger partial charge in [0, 0.05) is 51.1 Å². The Labute approximate surface area is 245 Å². The Morgan fingerprint density at radius 3 is 2.32 bits per heavy atom. The number of carbonyl (C=O) groups is 1. The van der Waals surface area contributed by atoms with Gasteiger partial charge in [-0.05, 0) is 55.3 Å². The van der Waals surface area contributed by atoms with E-state index in [1.165, 1.54) is 33.8 Å². The molecule has 10 nitrogen and oxygen atoms in total. The van der Waals surface area contributed by atoms with Crippen molar-refractivity contribution in [3.63, 3.8) is 0 Å². The highest BCUT2D eigenvalue weighted by Gasteiger charge is 2.30. The summed E-state index contributed by atoms with van der Waals surface area (Å²) in [7, 11) is -5.43. The number of thiazole rings is 1. The largest absolute Gasteiger partial charge is 0.379 e. The predicted molar refractivity (Wildman–Crippen MR) is 160 cm³/mol. The number of hydrogen-bond acceptors (Lipinski definition) is 9. The van der Waals surface area contributed by atoms with Crippen LogP contribution in [0, 0.1) is 0 Å². The molecule has 1 saturated heterocycles. The number of sulfone groups is 1. The third-order valence-electron chi connectivity index (χ3n) is 7.86. The van der Waals surface area contributed by atoms with Crippen LogP contribution in [0.25, 0.3) is 10.2 Å². The van der Waals surface area contributed by atoms with Gasteiger partial charge in [0.25, 0.3) is 5.91 Å². The second kappa shape index (κ2) is 12.4. The van der Waals surface area contributed by atoms with Gasteiger partial charge in [-0.1, -0.05) is 30.6 Å². The average molecular weight is 621 g/mol. The number of anilines is 1. The van der Waals surface area contributed by atoms with Gasteiger partial charge in [-0.2, -0.15) is 4.31 Å². The minimum atomic E-state index is -3.68. The van der Waals surface area contributed by atoms with Gasteiger partial charge in [0.2, 0.25) is 10.0 Å². The molecule has 0 bridgehead atoms. The molecule has 222 valence electrons. The summed E-state index contributed by atoms with van der Waals surface area (Å²) in [4.78, 5) is 22.7. The highest BCUT2D eigenvalue weighted by Crippen LogP contribution is 2.32. The predicted octanol–water partition coefficient (Wildman–Crippen LogP) is 3.63. The van der Waals surface area contributed by atoms with Crippen molar-refractivity contribution >= 4 is 52.5 Å². The van der Waals surface area contributed by atoms with Gasteiger partial charge in [0.05, 0.1) is 33.2 Å². The van der Waals surface area contributed by atoms with Crippen molar-refractivity contribution in [3.05, 3.63) is 48.0 Å². The first-order valence-corrected chi connectivity index (χ1v) is 18.0. The Kier molecular flexibility index (Phi) is 9.12. The summed E-state index contributed by atoms with van der Waals surface area (Å²) in [6.45, 7) is 3.77. The molecule has 1 aromatic heterocycles. The number of nitrogens with zero attached hydrogens (tertiary/aromatic N) is 4. The summed E-state index contributed by atoms with van der Waals surface area (Å²) < 4.78 is 58.4. The molecule has 1 aliphatic heterocycles. The fraction of sp³-hybridized carbons (Fsp3) is 0.500. The first-order valence-electron chi connectivity index (χ1n) is 13.8. The lowest BCUT2D eigenvalue weighted by molar-refractivity contribution is 0.0391. The van der Waals surface area contributed by atoms with Crippen LogP contribution >= 0.6 is 11.3 Å². The van der Waals surface area contributed by atoms with Crippen molar-refractivity contribution < 1.29 is 26.4 Å². The van der Waals surface area contributed by atoms with Crippen LogP contribution in [-0.2, 0) is 24.6 Å². The summed E-state index contributed by atoms with van der Waals surface area (Å²) >= 11 is 1.26. The molecule has 1 amide bonds. The van der Waals surface area contributed by atoms with Crippen LogP contribution in [0.15, 0.2) is 52.3 Å². The van der Waals surface area contributed by atoms with Crippen LogP contribution in [0.2, 0.25) is 0 Å². The lowest BCUT2D eigenvalue weighted by atomic mass is 9.96. The van der Waals surface area contributed by atoms with Crippen LogP contribution in [-0.4, -0.2) is 95.7 Å². The van der Waals surface area contributed by atoms with Gasteiger partial charge < -0.3 is 4.74 Å². The highest BCUT2D eigenvalue weighted by molar-refractivity contribution is 7.90. The standard InChI is InChI=1S/C28H36N4O6S3/c1-30(22-6-4-3-5-7-22)41(36,37)23-10-8-21(9-11-23)27(33)32(15-14-31-16-18-38-19-17-31)28-29-25-13-12-24(40(2,34)35)20-26(25)39-28/h8-13,20,22H,3-7,14-19H2,1-2H3. The second-order valence-electron chi connectivity index (χ2n) is 10.6.